The summed E-state index contributed by atoms with van der Waals surface area (Å²) in [5.41, 5.74) is 0. The van der Waals surface area contributed by atoms with Gasteiger partial charge in [-0.05, 0) is 59.9 Å². The zero-order valence-corrected chi connectivity index (χ0v) is 10.6. The van der Waals surface area contributed by atoms with Crippen LogP contribution in [-0.4, -0.2) is 62.7 Å². The zero-order chi connectivity index (χ0) is 11.1. The lowest BCUT2D eigenvalue weighted by Gasteiger charge is -2.19. The maximum atomic E-state index is 3.60. The van der Waals surface area contributed by atoms with Crippen molar-refractivity contribution >= 4 is 0 Å². The van der Waals surface area contributed by atoms with Crippen LogP contribution in [0, 0.1) is 0 Å². The molecule has 3 nitrogen and oxygen atoms in total. The third kappa shape index (κ3) is 6.13. The van der Waals surface area contributed by atoms with Crippen LogP contribution in [0.3, 0.4) is 0 Å². The topological polar surface area (TPSA) is 18.5 Å². The Morgan fingerprint density at radius 3 is 2.53 bits per heavy atom. The van der Waals surface area contributed by atoms with Crippen molar-refractivity contribution in [3.63, 3.8) is 0 Å². The Balaban J connectivity index is 1.93. The molecule has 1 unspecified atom stereocenters. The van der Waals surface area contributed by atoms with E-state index in [-0.39, 0.29) is 0 Å². The SMILES string of the molecule is CC(CCN(C)C)NCCN1CCCC1. The molecule has 0 bridgehead atoms. The first-order valence-corrected chi connectivity index (χ1v) is 6.29. The van der Waals surface area contributed by atoms with Crippen LogP contribution in [-0.2, 0) is 0 Å². The van der Waals surface area contributed by atoms with Gasteiger partial charge in [-0.1, -0.05) is 0 Å². The lowest BCUT2D eigenvalue weighted by molar-refractivity contribution is 0.317. The van der Waals surface area contributed by atoms with Crippen molar-refractivity contribution < 1.29 is 0 Å². The predicted molar refractivity (Wildman–Crippen MR) is 66.3 cm³/mol. The van der Waals surface area contributed by atoms with E-state index in [0.717, 1.165) is 6.54 Å². The number of rotatable bonds is 7. The fourth-order valence-electron chi connectivity index (χ4n) is 2.03. The van der Waals surface area contributed by atoms with E-state index >= 15 is 0 Å². The molecule has 0 saturated carbocycles. The molecule has 0 aromatic rings. The van der Waals surface area contributed by atoms with Crippen LogP contribution in [0.25, 0.3) is 0 Å². The maximum absolute atomic E-state index is 3.60. The standard InChI is InChI=1S/C12H27N3/c1-12(6-10-14(2)3)13-7-11-15-8-4-5-9-15/h12-13H,4-11H2,1-3H3. The third-order valence-corrected chi connectivity index (χ3v) is 3.13. The summed E-state index contributed by atoms with van der Waals surface area (Å²) < 4.78 is 0. The molecule has 0 aliphatic carbocycles. The molecule has 1 fully saturated rings. The van der Waals surface area contributed by atoms with Gasteiger partial charge in [-0.15, -0.1) is 0 Å². The molecular formula is C12H27N3. The average Bonchev–Trinajstić information content (AvgIpc) is 2.67. The minimum Gasteiger partial charge on any atom is -0.313 e. The van der Waals surface area contributed by atoms with Crippen LogP contribution >= 0.6 is 0 Å². The van der Waals surface area contributed by atoms with Gasteiger partial charge in [-0.3, -0.25) is 0 Å². The third-order valence-electron chi connectivity index (χ3n) is 3.13. The van der Waals surface area contributed by atoms with Crippen molar-refractivity contribution in [2.75, 3.05) is 46.8 Å². The smallest absolute Gasteiger partial charge is 0.0107 e. The Labute approximate surface area is 94.8 Å². The number of nitrogens with zero attached hydrogens (tertiary/aromatic N) is 2. The Bertz CT molecular complexity index is 153. The second kappa shape index (κ2) is 7.20. The van der Waals surface area contributed by atoms with Crippen molar-refractivity contribution in [3.8, 4) is 0 Å². The van der Waals surface area contributed by atoms with Crippen molar-refractivity contribution in [1.29, 1.82) is 0 Å². The first-order valence-electron chi connectivity index (χ1n) is 6.29. The Kier molecular flexibility index (Phi) is 6.22. The molecule has 15 heavy (non-hydrogen) atoms. The Morgan fingerprint density at radius 2 is 1.93 bits per heavy atom. The van der Waals surface area contributed by atoms with Crippen LogP contribution in [0.4, 0.5) is 0 Å². The number of nitrogens with one attached hydrogen (secondary N) is 1. The van der Waals surface area contributed by atoms with Crippen LogP contribution in [0.15, 0.2) is 0 Å². The van der Waals surface area contributed by atoms with Gasteiger partial charge >= 0.3 is 0 Å². The number of hydrogen-bond donors (Lipinski definition) is 1. The average molecular weight is 213 g/mol. The van der Waals surface area contributed by atoms with E-state index in [4.69, 9.17) is 0 Å². The summed E-state index contributed by atoms with van der Waals surface area (Å²) in [5.74, 6) is 0. The van der Waals surface area contributed by atoms with E-state index in [1.165, 1.54) is 45.4 Å². The number of hydrogen-bond acceptors (Lipinski definition) is 3. The summed E-state index contributed by atoms with van der Waals surface area (Å²) in [4.78, 5) is 4.81. The number of likely N-dealkylation sites (tertiary alicyclic amines) is 1. The van der Waals surface area contributed by atoms with Crippen LogP contribution in [0.2, 0.25) is 0 Å². The molecule has 1 saturated heterocycles. The summed E-state index contributed by atoms with van der Waals surface area (Å²) in [6, 6.07) is 0.648. The lowest BCUT2D eigenvalue weighted by atomic mass is 10.2. The van der Waals surface area contributed by atoms with Crippen molar-refractivity contribution in [3.05, 3.63) is 0 Å². The van der Waals surface area contributed by atoms with Crippen molar-refractivity contribution in [1.82, 2.24) is 15.1 Å². The largest absolute Gasteiger partial charge is 0.313 e. The van der Waals surface area contributed by atoms with E-state index in [1.54, 1.807) is 0 Å². The summed E-state index contributed by atoms with van der Waals surface area (Å²) >= 11 is 0. The van der Waals surface area contributed by atoms with Gasteiger partial charge in [-0.25, -0.2) is 0 Å². The molecule has 3 heteroatoms. The minimum atomic E-state index is 0.648. The summed E-state index contributed by atoms with van der Waals surface area (Å²) in [7, 11) is 4.27. The van der Waals surface area contributed by atoms with Gasteiger partial charge in [0.05, 0.1) is 0 Å². The van der Waals surface area contributed by atoms with Gasteiger partial charge < -0.3 is 15.1 Å². The van der Waals surface area contributed by atoms with Crippen molar-refractivity contribution in [2.45, 2.75) is 32.2 Å². The fraction of sp³-hybridized carbons (Fsp3) is 1.00. The molecule has 0 spiro atoms. The van der Waals surface area contributed by atoms with E-state index in [1.807, 2.05) is 0 Å². The van der Waals surface area contributed by atoms with Crippen LogP contribution < -0.4 is 5.32 Å². The molecule has 90 valence electrons. The second-order valence-electron chi connectivity index (χ2n) is 5.00. The molecule has 0 aromatic carbocycles. The predicted octanol–water partition coefficient (Wildman–Crippen LogP) is 1.01. The monoisotopic (exact) mass is 213 g/mol. The molecule has 1 aliphatic heterocycles. The molecule has 1 rings (SSSR count). The van der Waals surface area contributed by atoms with Crippen molar-refractivity contribution in [2.24, 2.45) is 0 Å². The molecule has 0 amide bonds. The van der Waals surface area contributed by atoms with E-state index in [2.05, 4.69) is 36.1 Å². The minimum absolute atomic E-state index is 0.648. The quantitative estimate of drug-likeness (QED) is 0.681. The lowest BCUT2D eigenvalue weighted by Crippen LogP contribution is -2.36. The van der Waals surface area contributed by atoms with E-state index in [0.29, 0.717) is 6.04 Å². The molecule has 1 atom stereocenters. The maximum Gasteiger partial charge on any atom is 0.0107 e. The highest BCUT2D eigenvalue weighted by atomic mass is 15.2. The Hall–Kier alpha value is -0.120. The summed E-state index contributed by atoms with van der Waals surface area (Å²) in [6.07, 6.45) is 4.04. The highest BCUT2D eigenvalue weighted by Crippen LogP contribution is 2.05. The molecule has 1 aliphatic rings. The summed E-state index contributed by atoms with van der Waals surface area (Å²) in [6.45, 7) is 8.47. The first-order chi connectivity index (χ1) is 7.18. The van der Waals surface area contributed by atoms with Gasteiger partial charge in [0.15, 0.2) is 0 Å². The highest BCUT2D eigenvalue weighted by molar-refractivity contribution is 4.69. The second-order valence-corrected chi connectivity index (χ2v) is 5.00. The van der Waals surface area contributed by atoms with Gasteiger partial charge in [0, 0.05) is 19.1 Å². The van der Waals surface area contributed by atoms with Gasteiger partial charge in [-0.2, -0.15) is 0 Å². The molecule has 0 radical (unpaired) electrons. The highest BCUT2D eigenvalue weighted by Gasteiger charge is 2.10. The molecule has 1 heterocycles. The van der Waals surface area contributed by atoms with Crippen LogP contribution in [0.5, 0.6) is 0 Å². The fourth-order valence-corrected chi connectivity index (χ4v) is 2.03. The molecular weight excluding hydrogens is 186 g/mol. The Morgan fingerprint density at radius 1 is 1.27 bits per heavy atom. The van der Waals surface area contributed by atoms with Gasteiger partial charge in [0.2, 0.25) is 0 Å². The molecule has 0 aromatic heterocycles. The van der Waals surface area contributed by atoms with Gasteiger partial charge in [0.25, 0.3) is 0 Å². The van der Waals surface area contributed by atoms with E-state index in [9.17, 15) is 0 Å². The van der Waals surface area contributed by atoms with Crippen LogP contribution in [0.1, 0.15) is 26.2 Å². The van der Waals surface area contributed by atoms with Gasteiger partial charge in [0.1, 0.15) is 0 Å². The molecule has 1 N–H and O–H groups in total. The normalized spacial score (nSPS) is 20.0. The van der Waals surface area contributed by atoms with E-state index < -0.39 is 0 Å². The zero-order valence-electron chi connectivity index (χ0n) is 10.6. The first kappa shape index (κ1) is 12.9. The summed E-state index contributed by atoms with van der Waals surface area (Å²) in [5, 5.41) is 3.60.